The van der Waals surface area contributed by atoms with E-state index >= 15 is 0 Å². The van der Waals surface area contributed by atoms with E-state index < -0.39 is 71.2 Å². The summed E-state index contributed by atoms with van der Waals surface area (Å²) < 4.78 is 26.7. The monoisotopic (exact) mass is 486 g/mol. The van der Waals surface area contributed by atoms with Gasteiger partial charge in [-0.1, -0.05) is 50.8 Å². The highest BCUT2D eigenvalue weighted by Gasteiger charge is 2.88. The molecule has 1 aromatic carbocycles. The van der Waals surface area contributed by atoms with Crippen LogP contribution in [0.3, 0.4) is 0 Å². The van der Waals surface area contributed by atoms with Gasteiger partial charge < -0.3 is 39.4 Å². The van der Waals surface area contributed by atoms with Crippen molar-refractivity contribution >= 4 is 0 Å². The molecule has 4 N–H and O–H groups in total. The average molecular weight is 487 g/mol. The quantitative estimate of drug-likeness (QED) is 0.372. The number of aliphatic hydroxyl groups excluding tert-OH is 3. The van der Waals surface area contributed by atoms with Crippen molar-refractivity contribution in [1.29, 1.82) is 0 Å². The van der Waals surface area contributed by atoms with Crippen molar-refractivity contribution in [3.8, 4) is 0 Å². The number of aliphatic hydroxyl groups is 4. The SMILES string of the molecule is C=C(C)[C@]12C[C@@H](C)[C@@]34O[C@](c5ccccc5)(O[C@@H]1[C@H]3[C@@H]1O[C@]1(CO)[C@@H](O)[C@]1(O)[C@@H](O)[C@H](C)C[C@@H]14)O2. The third-order valence-corrected chi connectivity index (χ3v) is 10.4. The lowest BCUT2D eigenvalue weighted by molar-refractivity contribution is -0.443. The van der Waals surface area contributed by atoms with Crippen LogP contribution in [0.15, 0.2) is 42.5 Å². The molecule has 6 fully saturated rings. The van der Waals surface area contributed by atoms with Crippen molar-refractivity contribution in [3.05, 3.63) is 48.0 Å². The number of ether oxygens (including phenoxy) is 4. The zero-order valence-corrected chi connectivity index (χ0v) is 20.3. The number of epoxide rings is 1. The molecule has 0 aromatic heterocycles. The fourth-order valence-electron chi connectivity index (χ4n) is 8.76. The van der Waals surface area contributed by atoms with Gasteiger partial charge in [0.2, 0.25) is 0 Å². The topological polar surface area (TPSA) is 121 Å². The minimum atomic E-state index is -1.93. The van der Waals surface area contributed by atoms with Crippen LogP contribution in [0.1, 0.15) is 39.2 Å². The van der Waals surface area contributed by atoms with Crippen molar-refractivity contribution in [2.45, 2.75) is 86.4 Å². The number of fused-ring (bicyclic) bond motifs is 3. The Hall–Kier alpha value is -1.36. The minimum Gasteiger partial charge on any atom is -0.393 e. The summed E-state index contributed by atoms with van der Waals surface area (Å²) in [4.78, 5) is 0. The highest BCUT2D eigenvalue weighted by Crippen LogP contribution is 2.74. The highest BCUT2D eigenvalue weighted by molar-refractivity contribution is 5.38. The third-order valence-electron chi connectivity index (χ3n) is 10.4. The number of benzene rings is 1. The molecule has 190 valence electrons. The number of rotatable bonds is 3. The summed E-state index contributed by atoms with van der Waals surface area (Å²) >= 11 is 0. The van der Waals surface area contributed by atoms with Gasteiger partial charge in [-0.25, -0.2) is 0 Å². The van der Waals surface area contributed by atoms with Gasteiger partial charge in [0.25, 0.3) is 0 Å². The predicted molar refractivity (Wildman–Crippen MR) is 122 cm³/mol. The molecule has 0 amide bonds. The molecule has 3 heterocycles. The number of hydrogen-bond acceptors (Lipinski definition) is 8. The van der Waals surface area contributed by atoms with E-state index in [9.17, 15) is 20.4 Å². The van der Waals surface area contributed by atoms with Gasteiger partial charge >= 0.3 is 5.97 Å². The summed E-state index contributed by atoms with van der Waals surface area (Å²) in [6.07, 6.45) is -2.88. The standard InChI is InChI=1S/C27H34O8/c1-13(2)23-11-15(4)26-17-10-14(3)19(29)25(17,31)22(30)24(12-28)21(32-24)18(26)20(23)33-27(34-23,35-26)16-8-6-5-7-9-16/h5-9,14-15,17-22,28-31H,1,10-12H2,2-4H3/t14-,15-,17+,18+,19+,20-,21+,22-,23-,24+,25-,26+,27-/m1/s1. The fourth-order valence-corrected chi connectivity index (χ4v) is 8.76. The molecule has 0 unspecified atom stereocenters. The van der Waals surface area contributed by atoms with Crippen molar-refractivity contribution in [2.75, 3.05) is 6.61 Å². The van der Waals surface area contributed by atoms with Crippen LogP contribution in [0.25, 0.3) is 0 Å². The third kappa shape index (κ3) is 2.25. The molecule has 13 atom stereocenters. The van der Waals surface area contributed by atoms with Gasteiger partial charge in [-0.2, -0.15) is 0 Å². The molecule has 35 heavy (non-hydrogen) atoms. The lowest BCUT2D eigenvalue weighted by Crippen LogP contribution is -2.72. The van der Waals surface area contributed by atoms with E-state index in [0.717, 1.165) is 5.57 Å². The number of hydrogen-bond donors (Lipinski definition) is 4. The second-order valence-corrected chi connectivity index (χ2v) is 12.0. The van der Waals surface area contributed by atoms with Gasteiger partial charge in [-0.3, -0.25) is 0 Å². The summed E-state index contributed by atoms with van der Waals surface area (Å²) in [5, 5.41) is 45.6. The predicted octanol–water partition coefficient (Wildman–Crippen LogP) is 1.20. The van der Waals surface area contributed by atoms with Crippen LogP contribution in [-0.2, 0) is 24.9 Å². The zero-order chi connectivity index (χ0) is 24.8. The molecule has 0 radical (unpaired) electrons. The first-order valence-corrected chi connectivity index (χ1v) is 12.7. The largest absolute Gasteiger partial charge is 0.393 e. The molecule has 3 saturated carbocycles. The average Bonchev–Trinajstić information content (AvgIpc) is 3.48. The molecule has 7 rings (SSSR count). The van der Waals surface area contributed by atoms with E-state index in [-0.39, 0.29) is 11.8 Å². The van der Waals surface area contributed by atoms with E-state index in [4.69, 9.17) is 18.9 Å². The van der Waals surface area contributed by atoms with E-state index in [1.54, 1.807) is 0 Å². The molecule has 6 aliphatic rings. The Balaban J connectivity index is 1.51. The Morgan fingerprint density at radius 2 is 1.80 bits per heavy atom. The molecule has 3 bridgehead atoms. The molecule has 0 spiro atoms. The molecule has 8 heteroatoms. The Morgan fingerprint density at radius 1 is 1.09 bits per heavy atom. The van der Waals surface area contributed by atoms with Gasteiger partial charge in [0.1, 0.15) is 35.1 Å². The Labute approximate surface area is 204 Å². The maximum Gasteiger partial charge on any atom is 0.313 e. The van der Waals surface area contributed by atoms with Crippen LogP contribution in [0.5, 0.6) is 0 Å². The molecular weight excluding hydrogens is 452 g/mol. The molecular formula is C27H34O8. The molecule has 3 aliphatic carbocycles. The smallest absolute Gasteiger partial charge is 0.313 e. The van der Waals surface area contributed by atoms with Crippen LogP contribution in [0, 0.1) is 23.7 Å². The second kappa shape index (κ2) is 6.55. The van der Waals surface area contributed by atoms with Crippen LogP contribution in [-0.4, -0.2) is 73.9 Å². The van der Waals surface area contributed by atoms with Crippen LogP contribution in [0.2, 0.25) is 0 Å². The van der Waals surface area contributed by atoms with Gasteiger partial charge in [0.15, 0.2) is 0 Å². The van der Waals surface area contributed by atoms with Crippen molar-refractivity contribution in [2.24, 2.45) is 23.7 Å². The zero-order valence-electron chi connectivity index (χ0n) is 20.3. The summed E-state index contributed by atoms with van der Waals surface area (Å²) in [5.41, 5.74) is -3.76. The van der Waals surface area contributed by atoms with Gasteiger partial charge in [0.05, 0.1) is 18.3 Å². The molecule has 3 saturated heterocycles. The molecule has 8 nitrogen and oxygen atoms in total. The summed E-state index contributed by atoms with van der Waals surface area (Å²) in [6.45, 7) is 9.67. The molecule has 3 aliphatic heterocycles. The van der Waals surface area contributed by atoms with E-state index in [1.165, 1.54) is 0 Å². The van der Waals surface area contributed by atoms with Crippen molar-refractivity contribution in [1.82, 2.24) is 0 Å². The summed E-state index contributed by atoms with van der Waals surface area (Å²) in [5.74, 6) is -3.07. The highest BCUT2D eigenvalue weighted by atomic mass is 16.9. The lowest BCUT2D eigenvalue weighted by Gasteiger charge is -2.60. The maximum atomic E-state index is 12.2. The summed E-state index contributed by atoms with van der Waals surface area (Å²) in [6, 6.07) is 9.48. The van der Waals surface area contributed by atoms with E-state index in [2.05, 4.69) is 13.5 Å². The normalized spacial score (nSPS) is 59.4. The first kappa shape index (κ1) is 22.8. The van der Waals surface area contributed by atoms with Crippen LogP contribution >= 0.6 is 0 Å². The maximum absolute atomic E-state index is 12.2. The Bertz CT molecular complexity index is 1100. The summed E-state index contributed by atoms with van der Waals surface area (Å²) in [7, 11) is 0. The minimum absolute atomic E-state index is 0.158. The van der Waals surface area contributed by atoms with Crippen molar-refractivity contribution in [3.63, 3.8) is 0 Å². The Kier molecular flexibility index (Phi) is 4.27. The molecule has 1 aromatic rings. The van der Waals surface area contributed by atoms with Crippen LogP contribution in [0.4, 0.5) is 0 Å². The first-order valence-electron chi connectivity index (χ1n) is 12.7. The van der Waals surface area contributed by atoms with Gasteiger partial charge in [-0.15, -0.1) is 0 Å². The first-order chi connectivity index (χ1) is 16.5. The van der Waals surface area contributed by atoms with Gasteiger partial charge in [0, 0.05) is 17.4 Å². The fraction of sp³-hybridized carbons (Fsp3) is 0.704. The second-order valence-electron chi connectivity index (χ2n) is 12.0. The van der Waals surface area contributed by atoms with Crippen molar-refractivity contribution < 1.29 is 39.4 Å². The van der Waals surface area contributed by atoms with E-state index in [1.807, 2.05) is 44.2 Å². The lowest BCUT2D eigenvalue weighted by atomic mass is 9.54. The van der Waals surface area contributed by atoms with Crippen LogP contribution < -0.4 is 0 Å². The van der Waals surface area contributed by atoms with Gasteiger partial charge in [-0.05, 0) is 37.2 Å². The van der Waals surface area contributed by atoms with E-state index in [0.29, 0.717) is 18.4 Å². The Morgan fingerprint density at radius 3 is 2.46 bits per heavy atom.